The van der Waals surface area contributed by atoms with Crippen LogP contribution in [0.2, 0.25) is 0 Å². The normalized spacial score (nSPS) is 11.9. The minimum Gasteiger partial charge on any atom is -0.369 e. The maximum Gasteiger partial charge on any atom is 0.226 e. The summed E-state index contributed by atoms with van der Waals surface area (Å²) >= 11 is 0. The molecule has 2 aromatic rings. The Balaban J connectivity index is 1.97. The van der Waals surface area contributed by atoms with Gasteiger partial charge in [-0.2, -0.15) is 4.98 Å². The molecular weight excluding hydrogens is 236 g/mol. The molecule has 1 aromatic carbocycles. The summed E-state index contributed by atoms with van der Waals surface area (Å²) in [7, 11) is 3.87. The van der Waals surface area contributed by atoms with Crippen LogP contribution in [0.4, 0.5) is 11.8 Å². The molecule has 100 valence electrons. The summed E-state index contributed by atoms with van der Waals surface area (Å²) in [6, 6.07) is 12.4. The van der Waals surface area contributed by atoms with Crippen molar-refractivity contribution < 1.29 is 0 Å². The van der Waals surface area contributed by atoms with Gasteiger partial charge in [0.15, 0.2) is 0 Å². The molecule has 4 heteroatoms. The Kier molecular flexibility index (Phi) is 4.34. The van der Waals surface area contributed by atoms with Crippen LogP contribution < -0.4 is 10.2 Å². The van der Waals surface area contributed by atoms with Gasteiger partial charge in [-0.25, -0.2) is 4.98 Å². The maximum atomic E-state index is 4.44. The van der Waals surface area contributed by atoms with E-state index in [1.165, 1.54) is 5.56 Å². The topological polar surface area (TPSA) is 41.1 Å². The van der Waals surface area contributed by atoms with Gasteiger partial charge in [0.2, 0.25) is 5.95 Å². The van der Waals surface area contributed by atoms with Crippen molar-refractivity contribution in [1.82, 2.24) is 9.97 Å². The molecule has 0 bridgehead atoms. The molecule has 4 nitrogen and oxygen atoms in total. The van der Waals surface area contributed by atoms with Crippen LogP contribution in [0.25, 0.3) is 0 Å². The zero-order valence-corrected chi connectivity index (χ0v) is 11.7. The molecule has 0 aliphatic rings. The van der Waals surface area contributed by atoms with Crippen molar-refractivity contribution >= 4 is 11.8 Å². The van der Waals surface area contributed by atoms with Crippen LogP contribution in [-0.4, -0.2) is 30.6 Å². The fraction of sp³-hybridized carbons (Fsp3) is 0.333. The Morgan fingerprint density at radius 1 is 1.16 bits per heavy atom. The van der Waals surface area contributed by atoms with Gasteiger partial charge in [0, 0.05) is 26.8 Å². The summed E-state index contributed by atoms with van der Waals surface area (Å²) in [5.74, 6) is 2.03. The van der Waals surface area contributed by atoms with E-state index in [1.807, 2.05) is 31.1 Å². The predicted octanol–water partition coefficient (Wildman–Crippen LogP) is 2.76. The van der Waals surface area contributed by atoms with Crippen molar-refractivity contribution in [2.75, 3.05) is 30.9 Å². The van der Waals surface area contributed by atoms with Crippen LogP contribution in [0.15, 0.2) is 42.6 Å². The largest absolute Gasteiger partial charge is 0.369 e. The molecule has 0 radical (unpaired) electrons. The van der Waals surface area contributed by atoms with E-state index in [4.69, 9.17) is 0 Å². The SMILES string of the molecule is CC(CNc1ccnc(N(C)C)n1)c1ccccc1. The number of nitrogens with zero attached hydrogens (tertiary/aromatic N) is 3. The summed E-state index contributed by atoms with van der Waals surface area (Å²) in [6.45, 7) is 3.06. The van der Waals surface area contributed by atoms with Crippen molar-refractivity contribution in [2.45, 2.75) is 12.8 Å². The van der Waals surface area contributed by atoms with E-state index in [-0.39, 0.29) is 0 Å². The predicted molar refractivity (Wildman–Crippen MR) is 79.7 cm³/mol. The van der Waals surface area contributed by atoms with Gasteiger partial charge in [-0.05, 0) is 17.5 Å². The fourth-order valence-electron chi connectivity index (χ4n) is 1.82. The molecule has 1 heterocycles. The molecule has 0 aliphatic carbocycles. The quantitative estimate of drug-likeness (QED) is 0.893. The number of anilines is 2. The molecule has 2 rings (SSSR count). The van der Waals surface area contributed by atoms with Crippen LogP contribution in [0.5, 0.6) is 0 Å². The number of aromatic nitrogens is 2. The Bertz CT molecular complexity index is 511. The van der Waals surface area contributed by atoms with Crippen LogP contribution in [0, 0.1) is 0 Å². The lowest BCUT2D eigenvalue weighted by atomic mass is 10.0. The fourth-order valence-corrected chi connectivity index (χ4v) is 1.82. The van der Waals surface area contributed by atoms with Gasteiger partial charge in [-0.3, -0.25) is 0 Å². The van der Waals surface area contributed by atoms with Gasteiger partial charge in [-0.1, -0.05) is 37.3 Å². The monoisotopic (exact) mass is 256 g/mol. The molecule has 0 saturated carbocycles. The first-order chi connectivity index (χ1) is 9.16. The minimum absolute atomic E-state index is 0.443. The first-order valence-corrected chi connectivity index (χ1v) is 6.46. The molecule has 0 saturated heterocycles. The van der Waals surface area contributed by atoms with Crippen molar-refractivity contribution in [3.63, 3.8) is 0 Å². The highest BCUT2D eigenvalue weighted by molar-refractivity contribution is 5.40. The van der Waals surface area contributed by atoms with E-state index >= 15 is 0 Å². The zero-order valence-electron chi connectivity index (χ0n) is 11.7. The maximum absolute atomic E-state index is 4.44. The van der Waals surface area contributed by atoms with E-state index < -0.39 is 0 Å². The first kappa shape index (κ1) is 13.3. The second-order valence-corrected chi connectivity index (χ2v) is 4.83. The second kappa shape index (κ2) is 6.18. The van der Waals surface area contributed by atoms with Gasteiger partial charge >= 0.3 is 0 Å². The average molecular weight is 256 g/mol. The van der Waals surface area contributed by atoms with Gasteiger partial charge < -0.3 is 10.2 Å². The summed E-state index contributed by atoms with van der Waals surface area (Å²) < 4.78 is 0. The second-order valence-electron chi connectivity index (χ2n) is 4.83. The summed E-state index contributed by atoms with van der Waals surface area (Å²) in [4.78, 5) is 10.5. The molecule has 0 amide bonds. The van der Waals surface area contributed by atoms with E-state index in [2.05, 4.69) is 46.5 Å². The molecule has 1 unspecified atom stereocenters. The van der Waals surface area contributed by atoms with Crippen LogP contribution in [0.1, 0.15) is 18.4 Å². The van der Waals surface area contributed by atoms with Crippen LogP contribution in [-0.2, 0) is 0 Å². The van der Waals surface area contributed by atoms with Crippen molar-refractivity contribution in [1.29, 1.82) is 0 Å². The van der Waals surface area contributed by atoms with E-state index in [9.17, 15) is 0 Å². The van der Waals surface area contributed by atoms with E-state index in [1.54, 1.807) is 6.20 Å². The van der Waals surface area contributed by atoms with Crippen LogP contribution in [0.3, 0.4) is 0 Å². The molecule has 0 fully saturated rings. The van der Waals surface area contributed by atoms with Crippen molar-refractivity contribution in [3.05, 3.63) is 48.2 Å². The third-order valence-corrected chi connectivity index (χ3v) is 3.00. The number of benzene rings is 1. The van der Waals surface area contributed by atoms with Gasteiger partial charge in [-0.15, -0.1) is 0 Å². The number of hydrogen-bond donors (Lipinski definition) is 1. The third kappa shape index (κ3) is 3.68. The smallest absolute Gasteiger partial charge is 0.226 e. The average Bonchev–Trinajstić information content (AvgIpc) is 2.46. The number of hydrogen-bond acceptors (Lipinski definition) is 4. The lowest BCUT2D eigenvalue weighted by Gasteiger charge is -2.15. The third-order valence-electron chi connectivity index (χ3n) is 3.00. The lowest BCUT2D eigenvalue weighted by molar-refractivity contribution is 0.800. The summed E-state index contributed by atoms with van der Waals surface area (Å²) in [5.41, 5.74) is 1.33. The van der Waals surface area contributed by atoms with E-state index in [0.29, 0.717) is 5.92 Å². The molecule has 0 aliphatic heterocycles. The van der Waals surface area contributed by atoms with Gasteiger partial charge in [0.05, 0.1) is 0 Å². The highest BCUT2D eigenvalue weighted by atomic mass is 15.2. The Morgan fingerprint density at radius 2 is 1.89 bits per heavy atom. The number of nitrogens with one attached hydrogen (secondary N) is 1. The van der Waals surface area contributed by atoms with Crippen molar-refractivity contribution in [2.24, 2.45) is 0 Å². The standard InChI is InChI=1S/C15H20N4/c1-12(13-7-5-4-6-8-13)11-17-14-9-10-16-15(18-14)19(2)3/h4-10,12H,11H2,1-3H3,(H,16,17,18). The summed E-state index contributed by atoms with van der Waals surface area (Å²) in [5, 5.41) is 3.36. The Labute approximate surface area is 114 Å². The molecule has 0 spiro atoms. The highest BCUT2D eigenvalue weighted by Crippen LogP contribution is 2.15. The zero-order chi connectivity index (χ0) is 13.7. The minimum atomic E-state index is 0.443. The van der Waals surface area contributed by atoms with Gasteiger partial charge in [0.1, 0.15) is 5.82 Å². The molecule has 19 heavy (non-hydrogen) atoms. The number of rotatable bonds is 5. The molecule has 1 aromatic heterocycles. The Morgan fingerprint density at radius 3 is 2.58 bits per heavy atom. The molecular formula is C15H20N4. The molecule has 1 atom stereocenters. The highest BCUT2D eigenvalue weighted by Gasteiger charge is 2.06. The lowest BCUT2D eigenvalue weighted by Crippen LogP contribution is -2.15. The van der Waals surface area contributed by atoms with Crippen molar-refractivity contribution in [3.8, 4) is 0 Å². The summed E-state index contributed by atoms with van der Waals surface area (Å²) in [6.07, 6.45) is 1.78. The Hall–Kier alpha value is -2.10. The first-order valence-electron chi connectivity index (χ1n) is 6.46. The van der Waals surface area contributed by atoms with Crippen LogP contribution >= 0.6 is 0 Å². The van der Waals surface area contributed by atoms with Gasteiger partial charge in [0.25, 0.3) is 0 Å². The molecule has 1 N–H and O–H groups in total. The van der Waals surface area contributed by atoms with E-state index in [0.717, 1.165) is 18.3 Å².